The number of rotatable bonds is 10. The van der Waals surface area contributed by atoms with Gasteiger partial charge in [-0.1, -0.05) is 48.9 Å². The fraction of sp³-hybridized carbons (Fsp3) is 0.364. The highest BCUT2D eigenvalue weighted by Gasteiger charge is 2.23. The molecule has 0 aliphatic heterocycles. The van der Waals surface area contributed by atoms with Crippen molar-refractivity contribution >= 4 is 49.9 Å². The number of aromatic nitrogens is 1. The molecule has 0 aliphatic carbocycles. The largest absolute Gasteiger partial charge is 0.494 e. The smallest absolute Gasteiger partial charge is 0.269 e. The molecule has 2 aromatic carbocycles. The third-order valence-electron chi connectivity index (χ3n) is 5.24. The summed E-state index contributed by atoms with van der Waals surface area (Å²) in [6, 6.07) is 9.54. The molecule has 0 fully saturated rings. The number of nitrogens with zero attached hydrogens (tertiary/aromatic N) is 4. The van der Waals surface area contributed by atoms with Crippen molar-refractivity contribution in [2.75, 3.05) is 38.2 Å². The number of thiazole rings is 1. The Balaban J connectivity index is 1.92. The fourth-order valence-electron chi connectivity index (χ4n) is 3.34. The van der Waals surface area contributed by atoms with E-state index in [0.717, 1.165) is 17.8 Å². The molecule has 0 bridgehead atoms. The van der Waals surface area contributed by atoms with E-state index in [1.165, 1.54) is 23.5 Å². The first-order chi connectivity index (χ1) is 15.4. The lowest BCUT2D eigenvalue weighted by Gasteiger charge is -2.24. The molecule has 8 nitrogen and oxygen atoms in total. The topological polar surface area (TPSA) is 88.8 Å². The minimum absolute atomic E-state index is 0.00695. The van der Waals surface area contributed by atoms with Crippen molar-refractivity contribution in [3.05, 3.63) is 57.1 Å². The van der Waals surface area contributed by atoms with Gasteiger partial charge in [0.15, 0.2) is 5.13 Å². The molecule has 3 rings (SSSR count). The lowest BCUT2D eigenvalue weighted by molar-refractivity contribution is -0.384. The van der Waals surface area contributed by atoms with Crippen LogP contribution in [0.25, 0.3) is 10.2 Å². The number of benzene rings is 2. The van der Waals surface area contributed by atoms with Gasteiger partial charge in [0.1, 0.15) is 11.3 Å². The lowest BCUT2D eigenvalue weighted by Crippen LogP contribution is -2.39. The quantitative estimate of drug-likeness (QED) is 0.309. The average molecular weight is 477 g/mol. The highest BCUT2D eigenvalue weighted by molar-refractivity contribution is 7.23. The Morgan fingerprint density at radius 3 is 2.44 bits per heavy atom. The number of fused-ring (bicyclic) bond motifs is 1. The maximum Gasteiger partial charge on any atom is 0.269 e. The Hall–Kier alpha value is -2.75. The fourth-order valence-corrected chi connectivity index (χ4v) is 4.63. The van der Waals surface area contributed by atoms with E-state index in [4.69, 9.17) is 16.3 Å². The summed E-state index contributed by atoms with van der Waals surface area (Å²) in [5, 5.41) is 12.0. The monoisotopic (exact) mass is 476 g/mol. The molecule has 0 spiro atoms. The van der Waals surface area contributed by atoms with Gasteiger partial charge in [-0.3, -0.25) is 19.8 Å². The van der Waals surface area contributed by atoms with E-state index in [1.807, 2.05) is 0 Å². The van der Waals surface area contributed by atoms with Crippen LogP contribution in [0.3, 0.4) is 0 Å². The van der Waals surface area contributed by atoms with Crippen molar-refractivity contribution in [2.45, 2.75) is 20.3 Å². The maximum absolute atomic E-state index is 13.3. The van der Waals surface area contributed by atoms with E-state index >= 15 is 0 Å². The first-order valence-electron chi connectivity index (χ1n) is 10.3. The second-order valence-electron chi connectivity index (χ2n) is 7.10. The summed E-state index contributed by atoms with van der Waals surface area (Å²) in [4.78, 5) is 32.3. The summed E-state index contributed by atoms with van der Waals surface area (Å²) in [5.74, 6) is 0.457. The summed E-state index contributed by atoms with van der Waals surface area (Å²) >= 11 is 7.72. The predicted octanol–water partition coefficient (Wildman–Crippen LogP) is 4.78. The number of non-ortho nitro benzene ring substituents is 1. The van der Waals surface area contributed by atoms with Crippen molar-refractivity contribution < 1.29 is 14.5 Å². The molecule has 1 amide bonds. The van der Waals surface area contributed by atoms with Crippen molar-refractivity contribution in [2.24, 2.45) is 0 Å². The molecule has 10 heteroatoms. The van der Waals surface area contributed by atoms with Gasteiger partial charge in [0.05, 0.1) is 28.2 Å². The van der Waals surface area contributed by atoms with Crippen LogP contribution >= 0.6 is 22.9 Å². The number of amides is 1. The van der Waals surface area contributed by atoms with Crippen LogP contribution in [0.4, 0.5) is 10.8 Å². The molecule has 0 saturated carbocycles. The van der Waals surface area contributed by atoms with E-state index in [9.17, 15) is 14.9 Å². The van der Waals surface area contributed by atoms with Gasteiger partial charge < -0.3 is 9.64 Å². The van der Waals surface area contributed by atoms with Crippen molar-refractivity contribution in [1.29, 1.82) is 0 Å². The highest BCUT2D eigenvalue weighted by Crippen LogP contribution is 2.38. The van der Waals surface area contributed by atoms with Crippen molar-refractivity contribution in [3.8, 4) is 5.75 Å². The summed E-state index contributed by atoms with van der Waals surface area (Å²) in [5.41, 5.74) is 1.31. The number of carbonyl (C=O) groups excluding carboxylic acids is 1. The van der Waals surface area contributed by atoms with E-state index < -0.39 is 4.92 Å². The van der Waals surface area contributed by atoms with Gasteiger partial charge in [0.25, 0.3) is 5.69 Å². The number of carbonyl (C=O) groups is 1. The van der Waals surface area contributed by atoms with Crippen LogP contribution in [0.1, 0.15) is 19.4 Å². The molecule has 0 aliphatic rings. The van der Waals surface area contributed by atoms with Crippen LogP contribution in [0.15, 0.2) is 36.4 Å². The molecule has 0 N–H and O–H groups in total. The second kappa shape index (κ2) is 10.7. The van der Waals surface area contributed by atoms with Crippen LogP contribution in [0, 0.1) is 10.1 Å². The SMILES string of the molecule is CCN(CC)CCN(C(=O)Cc1ccc([N+](=O)[O-])cc1)c1nc2c(OC)ccc(Cl)c2s1. The Labute approximate surface area is 195 Å². The van der Waals surface area contributed by atoms with Gasteiger partial charge in [-0.05, 0) is 30.8 Å². The highest BCUT2D eigenvalue weighted by atomic mass is 35.5. The number of nitro benzene ring substituents is 1. The van der Waals surface area contributed by atoms with E-state index in [0.29, 0.717) is 40.1 Å². The zero-order valence-electron chi connectivity index (χ0n) is 18.2. The number of halogens is 1. The Bertz CT molecular complexity index is 1100. The number of anilines is 1. The number of hydrogen-bond donors (Lipinski definition) is 0. The third-order valence-corrected chi connectivity index (χ3v) is 6.77. The molecular weight excluding hydrogens is 452 g/mol. The summed E-state index contributed by atoms with van der Waals surface area (Å²) < 4.78 is 6.18. The zero-order valence-corrected chi connectivity index (χ0v) is 19.8. The molecule has 170 valence electrons. The number of methoxy groups -OCH3 is 1. The Morgan fingerprint density at radius 1 is 1.16 bits per heavy atom. The van der Waals surface area contributed by atoms with Crippen LogP contribution < -0.4 is 9.64 Å². The van der Waals surface area contributed by atoms with Crippen LogP contribution in [-0.4, -0.2) is 54.0 Å². The minimum atomic E-state index is -0.458. The van der Waals surface area contributed by atoms with Gasteiger partial charge >= 0.3 is 0 Å². The Kier molecular flexibility index (Phi) is 8.00. The van der Waals surface area contributed by atoms with E-state index in [1.54, 1.807) is 36.3 Å². The standard InChI is InChI=1S/C22H25ClN4O4S/c1-4-25(5-2)12-13-26(19(28)14-15-6-8-16(9-7-15)27(29)30)22-24-20-18(31-3)11-10-17(23)21(20)32-22/h6-11H,4-5,12-14H2,1-3H3. The molecule has 32 heavy (non-hydrogen) atoms. The number of hydrogen-bond acceptors (Lipinski definition) is 7. The summed E-state index contributed by atoms with van der Waals surface area (Å²) in [6.45, 7) is 7.07. The molecule has 0 unspecified atom stereocenters. The van der Waals surface area contributed by atoms with Gasteiger partial charge in [-0.15, -0.1) is 0 Å². The molecule has 0 atom stereocenters. The molecule has 1 heterocycles. The second-order valence-corrected chi connectivity index (χ2v) is 8.48. The van der Waals surface area contributed by atoms with Gasteiger partial charge in [0.2, 0.25) is 5.91 Å². The van der Waals surface area contributed by atoms with Gasteiger partial charge in [-0.25, -0.2) is 4.98 Å². The van der Waals surface area contributed by atoms with Crippen molar-refractivity contribution in [3.63, 3.8) is 0 Å². The van der Waals surface area contributed by atoms with Crippen LogP contribution in [0.2, 0.25) is 5.02 Å². The zero-order chi connectivity index (χ0) is 23.3. The maximum atomic E-state index is 13.3. The lowest BCUT2D eigenvalue weighted by atomic mass is 10.1. The molecule has 0 radical (unpaired) electrons. The van der Waals surface area contributed by atoms with E-state index in [-0.39, 0.29) is 18.0 Å². The molecule has 1 aromatic heterocycles. The molecule has 0 saturated heterocycles. The van der Waals surface area contributed by atoms with Crippen LogP contribution in [-0.2, 0) is 11.2 Å². The first kappa shape index (κ1) is 23.9. The number of nitro groups is 1. The normalized spacial score (nSPS) is 11.2. The average Bonchev–Trinajstić information content (AvgIpc) is 3.23. The molecular formula is C22H25ClN4O4S. The number of likely N-dealkylation sites (N-methyl/N-ethyl adjacent to an activating group) is 1. The summed E-state index contributed by atoms with van der Waals surface area (Å²) in [6.07, 6.45) is 0.108. The number of ether oxygens (including phenoxy) is 1. The van der Waals surface area contributed by atoms with Gasteiger partial charge in [-0.2, -0.15) is 0 Å². The minimum Gasteiger partial charge on any atom is -0.494 e. The van der Waals surface area contributed by atoms with Crippen molar-refractivity contribution in [1.82, 2.24) is 9.88 Å². The Morgan fingerprint density at radius 2 is 1.84 bits per heavy atom. The first-order valence-corrected chi connectivity index (χ1v) is 11.5. The third kappa shape index (κ3) is 5.35. The van der Waals surface area contributed by atoms with E-state index in [2.05, 4.69) is 23.7 Å². The van der Waals surface area contributed by atoms with Crippen LogP contribution in [0.5, 0.6) is 5.75 Å². The summed E-state index contributed by atoms with van der Waals surface area (Å²) in [7, 11) is 1.57. The predicted molar refractivity (Wildman–Crippen MR) is 128 cm³/mol. The molecule has 3 aromatic rings. The van der Waals surface area contributed by atoms with Gasteiger partial charge in [0, 0.05) is 25.2 Å².